The molecule has 23 heavy (non-hydrogen) atoms. The van der Waals surface area contributed by atoms with E-state index >= 15 is 0 Å². The van der Waals surface area contributed by atoms with Gasteiger partial charge in [-0.05, 0) is 75.6 Å². The summed E-state index contributed by atoms with van der Waals surface area (Å²) in [5, 5.41) is 3.14. The minimum Gasteiger partial charge on any atom is -0.325 e. The summed E-state index contributed by atoms with van der Waals surface area (Å²) in [5.41, 5.74) is 3.31. The highest BCUT2D eigenvalue weighted by Gasteiger charge is 2.50. The Morgan fingerprint density at radius 3 is 2.74 bits per heavy atom. The van der Waals surface area contributed by atoms with Crippen LogP contribution in [-0.4, -0.2) is 29.9 Å². The molecule has 2 heterocycles. The maximum absolute atomic E-state index is 12.7. The summed E-state index contributed by atoms with van der Waals surface area (Å²) in [6, 6.07) is 7.23. The van der Waals surface area contributed by atoms with Crippen molar-refractivity contribution >= 4 is 11.6 Å². The monoisotopic (exact) mass is 312 g/mol. The molecule has 0 radical (unpaired) electrons. The molecule has 2 bridgehead atoms. The van der Waals surface area contributed by atoms with Crippen LogP contribution in [0.15, 0.2) is 18.2 Å². The summed E-state index contributed by atoms with van der Waals surface area (Å²) < 4.78 is 0. The smallest absolute Gasteiger partial charge is 0.235 e. The normalized spacial score (nSPS) is 34.8. The predicted molar refractivity (Wildman–Crippen MR) is 93.6 cm³/mol. The highest BCUT2D eigenvalue weighted by atomic mass is 16.2. The van der Waals surface area contributed by atoms with Crippen LogP contribution in [0.5, 0.6) is 0 Å². The molecule has 1 saturated heterocycles. The average Bonchev–Trinajstić information content (AvgIpc) is 3.25. The molecule has 1 N–H and O–H groups in total. The molecule has 124 valence electrons. The van der Waals surface area contributed by atoms with Crippen molar-refractivity contribution in [2.75, 3.05) is 18.4 Å². The van der Waals surface area contributed by atoms with E-state index in [1.807, 2.05) is 0 Å². The first-order valence-corrected chi connectivity index (χ1v) is 9.32. The second kappa shape index (κ2) is 4.83. The van der Waals surface area contributed by atoms with Crippen LogP contribution < -0.4 is 5.32 Å². The van der Waals surface area contributed by atoms with Crippen LogP contribution in [0.25, 0.3) is 0 Å². The number of hydrogen-bond acceptors (Lipinski definition) is 2. The summed E-state index contributed by atoms with van der Waals surface area (Å²) in [6.45, 7) is 4.31. The van der Waals surface area contributed by atoms with Crippen LogP contribution >= 0.6 is 0 Å². The van der Waals surface area contributed by atoms with E-state index in [0.717, 1.165) is 49.5 Å². The number of amides is 1. The predicted octanol–water partition coefficient (Wildman–Crippen LogP) is 3.72. The third kappa shape index (κ3) is 1.95. The van der Waals surface area contributed by atoms with Gasteiger partial charge in [-0.3, -0.25) is 4.79 Å². The molecule has 1 aromatic rings. The van der Waals surface area contributed by atoms with Gasteiger partial charge >= 0.3 is 0 Å². The van der Waals surface area contributed by atoms with Gasteiger partial charge in [0, 0.05) is 13.2 Å². The number of hydrogen-bond donors (Lipinski definition) is 1. The number of piperidine rings is 1. The molecule has 1 spiro atoms. The Labute approximate surface area is 139 Å². The molecule has 4 aliphatic rings. The van der Waals surface area contributed by atoms with Gasteiger partial charge in [-0.25, -0.2) is 0 Å². The Kier molecular flexibility index (Phi) is 2.94. The molecule has 3 atom stereocenters. The van der Waals surface area contributed by atoms with Gasteiger partial charge in [0.05, 0.1) is 5.41 Å². The van der Waals surface area contributed by atoms with Crippen molar-refractivity contribution in [3.8, 4) is 0 Å². The van der Waals surface area contributed by atoms with Gasteiger partial charge in [-0.15, -0.1) is 0 Å². The van der Waals surface area contributed by atoms with E-state index in [0.29, 0.717) is 0 Å². The number of nitrogens with one attached hydrogen (secondary N) is 1. The molecule has 0 aromatic heterocycles. The van der Waals surface area contributed by atoms with Crippen molar-refractivity contribution in [3.05, 3.63) is 29.3 Å². The number of carbonyl (C=O) groups excluding carboxylic acids is 1. The van der Waals surface area contributed by atoms with Gasteiger partial charge in [-0.2, -0.15) is 0 Å². The third-order valence-corrected chi connectivity index (χ3v) is 7.19. The fourth-order valence-electron chi connectivity index (χ4n) is 5.92. The standard InChI is InChI=1S/C20H26N2O.H2/c1-13-2-5-17-16(10-13)20(19(23)21-17)6-8-22(9-7-20)18-12-14-3-4-15(18)11-14;/h2,5,10,14-15,18H,3-4,6-9,11-12H2,1H3,(H,21,23);1H/t14-,15+,18-;/m1./s1. The Balaban J connectivity index is 0.00000146. The van der Waals surface area contributed by atoms with Crippen molar-refractivity contribution in [2.45, 2.75) is 56.9 Å². The minimum atomic E-state index is -0.254. The highest BCUT2D eigenvalue weighted by molar-refractivity contribution is 6.06. The zero-order chi connectivity index (χ0) is 15.6. The van der Waals surface area contributed by atoms with Crippen LogP contribution in [0.1, 0.15) is 51.1 Å². The molecule has 3 fully saturated rings. The molecule has 0 unspecified atom stereocenters. The molecule has 3 heteroatoms. The fourth-order valence-corrected chi connectivity index (χ4v) is 5.92. The molecule has 1 aromatic carbocycles. The number of benzene rings is 1. The van der Waals surface area contributed by atoms with Crippen molar-refractivity contribution in [1.82, 2.24) is 4.90 Å². The van der Waals surface area contributed by atoms with Crippen LogP contribution in [-0.2, 0) is 10.2 Å². The van der Waals surface area contributed by atoms with E-state index in [9.17, 15) is 4.79 Å². The van der Waals surface area contributed by atoms with Crippen LogP contribution in [0, 0.1) is 18.8 Å². The summed E-state index contributed by atoms with van der Waals surface area (Å²) in [7, 11) is 0. The van der Waals surface area contributed by atoms with Gasteiger partial charge in [0.2, 0.25) is 5.91 Å². The lowest BCUT2D eigenvalue weighted by Gasteiger charge is -2.43. The van der Waals surface area contributed by atoms with E-state index in [2.05, 4.69) is 35.3 Å². The number of carbonyl (C=O) groups is 1. The lowest BCUT2D eigenvalue weighted by Crippen LogP contribution is -2.50. The summed E-state index contributed by atoms with van der Waals surface area (Å²) >= 11 is 0. The summed E-state index contributed by atoms with van der Waals surface area (Å²) in [5.74, 6) is 2.19. The Hall–Kier alpha value is -1.35. The van der Waals surface area contributed by atoms with Gasteiger partial charge in [0.15, 0.2) is 0 Å². The van der Waals surface area contributed by atoms with Gasteiger partial charge in [0.25, 0.3) is 0 Å². The van der Waals surface area contributed by atoms with Crippen LogP contribution in [0.4, 0.5) is 5.69 Å². The molecule has 1 amide bonds. The molecule has 2 saturated carbocycles. The first-order chi connectivity index (χ1) is 11.2. The minimum absolute atomic E-state index is 0. The Bertz CT molecular complexity index is 666. The van der Waals surface area contributed by atoms with Gasteiger partial charge < -0.3 is 10.2 Å². The molecule has 5 rings (SSSR count). The second-order valence-corrected chi connectivity index (χ2v) is 8.36. The quantitative estimate of drug-likeness (QED) is 0.857. The van der Waals surface area contributed by atoms with Crippen LogP contribution in [0.3, 0.4) is 0 Å². The number of anilines is 1. The topological polar surface area (TPSA) is 32.3 Å². The van der Waals surface area contributed by atoms with E-state index in [-0.39, 0.29) is 12.7 Å². The lowest BCUT2D eigenvalue weighted by molar-refractivity contribution is -0.122. The molecule has 2 aliphatic heterocycles. The zero-order valence-corrected chi connectivity index (χ0v) is 14.0. The first-order valence-electron chi connectivity index (χ1n) is 9.32. The summed E-state index contributed by atoms with van der Waals surface area (Å²) in [4.78, 5) is 15.5. The maximum Gasteiger partial charge on any atom is 0.235 e. The van der Waals surface area contributed by atoms with Crippen molar-refractivity contribution < 1.29 is 6.22 Å². The number of likely N-dealkylation sites (tertiary alicyclic amines) is 1. The number of aryl methyl sites for hydroxylation is 1. The lowest BCUT2D eigenvalue weighted by atomic mass is 9.73. The first kappa shape index (κ1) is 14.0. The molecular weight excluding hydrogens is 284 g/mol. The van der Waals surface area contributed by atoms with E-state index < -0.39 is 0 Å². The largest absolute Gasteiger partial charge is 0.325 e. The maximum atomic E-state index is 12.7. The van der Waals surface area contributed by atoms with Gasteiger partial charge in [0.1, 0.15) is 0 Å². The molecule has 3 nitrogen and oxygen atoms in total. The zero-order valence-electron chi connectivity index (χ0n) is 14.0. The van der Waals surface area contributed by atoms with E-state index in [1.165, 1.54) is 36.8 Å². The van der Waals surface area contributed by atoms with Gasteiger partial charge in [-0.1, -0.05) is 24.1 Å². The number of fused-ring (bicyclic) bond motifs is 4. The third-order valence-electron chi connectivity index (χ3n) is 7.19. The van der Waals surface area contributed by atoms with E-state index in [1.54, 1.807) is 0 Å². The Morgan fingerprint density at radius 2 is 2.04 bits per heavy atom. The SMILES string of the molecule is Cc1ccc2c(c1)C1(CCN([C@@H]3C[C@@H]4CC[C@H]3C4)CC1)C(=O)N2.[HH]. The molecular formula is C20H28N2O. The Morgan fingerprint density at radius 1 is 1.22 bits per heavy atom. The molecule has 2 aliphatic carbocycles. The fraction of sp³-hybridized carbons (Fsp3) is 0.650. The second-order valence-electron chi connectivity index (χ2n) is 8.36. The van der Waals surface area contributed by atoms with Crippen molar-refractivity contribution in [2.24, 2.45) is 11.8 Å². The highest BCUT2D eigenvalue weighted by Crippen LogP contribution is 2.50. The van der Waals surface area contributed by atoms with Crippen molar-refractivity contribution in [3.63, 3.8) is 0 Å². The van der Waals surface area contributed by atoms with Crippen molar-refractivity contribution in [1.29, 1.82) is 0 Å². The average molecular weight is 312 g/mol. The summed E-state index contributed by atoms with van der Waals surface area (Å²) in [6.07, 6.45) is 7.77. The number of nitrogens with zero attached hydrogens (tertiary/aromatic N) is 1. The van der Waals surface area contributed by atoms with Crippen LogP contribution in [0.2, 0.25) is 0 Å². The van der Waals surface area contributed by atoms with E-state index in [4.69, 9.17) is 0 Å². The number of rotatable bonds is 1.